The first-order valence-electron chi connectivity index (χ1n) is 8.45. The van der Waals surface area contributed by atoms with Crippen molar-refractivity contribution in [2.75, 3.05) is 11.5 Å². The first-order chi connectivity index (χ1) is 13.3. The van der Waals surface area contributed by atoms with Crippen molar-refractivity contribution < 1.29 is 19.1 Å². The van der Waals surface area contributed by atoms with Gasteiger partial charge in [-0.3, -0.25) is 23.5 Å². The number of carbonyl (C=O) groups is 3. The molecule has 0 saturated carbocycles. The van der Waals surface area contributed by atoms with Gasteiger partial charge in [0.15, 0.2) is 0 Å². The van der Waals surface area contributed by atoms with Crippen LogP contribution in [0.3, 0.4) is 0 Å². The third kappa shape index (κ3) is 2.98. The van der Waals surface area contributed by atoms with Crippen LogP contribution in [0.15, 0.2) is 39.9 Å². The molecular formula is C18H18N4O6. The Kier molecular flexibility index (Phi) is 4.87. The largest absolute Gasteiger partial charge is 0.492 e. The molecule has 1 aromatic heterocycles. The fourth-order valence-electron chi connectivity index (χ4n) is 2.87. The van der Waals surface area contributed by atoms with Gasteiger partial charge < -0.3 is 4.74 Å². The summed E-state index contributed by atoms with van der Waals surface area (Å²) in [4.78, 5) is 63.1. The topological polar surface area (TPSA) is 111 Å². The molecule has 146 valence electrons. The average Bonchev–Trinajstić information content (AvgIpc) is 2.88. The van der Waals surface area contributed by atoms with Gasteiger partial charge in [0.1, 0.15) is 5.75 Å². The SMILES string of the molecule is CCOc1ccccc1N1C(=O)C(=O)N(Cc2cc(=O)n(C)c(=O)n2C)C1=O. The molecule has 1 fully saturated rings. The number of hydrogen-bond acceptors (Lipinski definition) is 6. The maximum Gasteiger partial charge on any atom is 0.339 e. The highest BCUT2D eigenvalue weighted by Gasteiger charge is 2.46. The highest BCUT2D eigenvalue weighted by Crippen LogP contribution is 2.32. The zero-order valence-corrected chi connectivity index (χ0v) is 15.5. The van der Waals surface area contributed by atoms with Crippen molar-refractivity contribution in [1.29, 1.82) is 0 Å². The summed E-state index contributed by atoms with van der Waals surface area (Å²) in [5.41, 5.74) is -0.913. The number of para-hydroxylation sites is 2. The number of hydrogen-bond donors (Lipinski definition) is 0. The summed E-state index contributed by atoms with van der Waals surface area (Å²) >= 11 is 0. The summed E-state index contributed by atoms with van der Waals surface area (Å²) in [5, 5.41) is 0. The summed E-state index contributed by atoms with van der Waals surface area (Å²) < 4.78 is 7.47. The Bertz CT molecular complexity index is 1100. The van der Waals surface area contributed by atoms with Gasteiger partial charge in [0.25, 0.3) is 5.56 Å². The molecular weight excluding hydrogens is 368 g/mol. The summed E-state index contributed by atoms with van der Waals surface area (Å²) in [6.45, 7) is 1.66. The number of carbonyl (C=O) groups excluding carboxylic acids is 3. The Morgan fingerprint density at radius 3 is 2.29 bits per heavy atom. The Morgan fingerprint density at radius 2 is 1.61 bits per heavy atom. The van der Waals surface area contributed by atoms with E-state index in [9.17, 15) is 24.0 Å². The van der Waals surface area contributed by atoms with Crippen molar-refractivity contribution in [2.45, 2.75) is 13.5 Å². The van der Waals surface area contributed by atoms with Crippen molar-refractivity contribution in [1.82, 2.24) is 14.0 Å². The quantitative estimate of drug-likeness (QED) is 0.527. The number of benzene rings is 1. The lowest BCUT2D eigenvalue weighted by molar-refractivity contribution is -0.139. The lowest BCUT2D eigenvalue weighted by Crippen LogP contribution is -2.40. The molecule has 1 aromatic carbocycles. The second kappa shape index (κ2) is 7.14. The van der Waals surface area contributed by atoms with Gasteiger partial charge >= 0.3 is 23.5 Å². The minimum atomic E-state index is -1.05. The van der Waals surface area contributed by atoms with Gasteiger partial charge in [0.05, 0.1) is 18.8 Å². The molecule has 0 atom stereocenters. The van der Waals surface area contributed by atoms with Crippen molar-refractivity contribution in [3.63, 3.8) is 0 Å². The number of amides is 4. The van der Waals surface area contributed by atoms with Crippen LogP contribution in [0.1, 0.15) is 12.6 Å². The van der Waals surface area contributed by atoms with Gasteiger partial charge in [-0.25, -0.2) is 19.4 Å². The standard InChI is InChI=1S/C18H18N4O6/c1-4-28-13-8-6-5-7-12(13)22-16(25)15(24)21(18(22)27)10-11-9-14(23)20(3)17(26)19(11)2/h5-9H,4,10H2,1-3H3. The molecule has 2 heterocycles. The molecule has 10 heteroatoms. The second-order valence-corrected chi connectivity index (χ2v) is 6.09. The van der Waals surface area contributed by atoms with Crippen LogP contribution >= 0.6 is 0 Å². The molecule has 0 aliphatic carbocycles. The Balaban J connectivity index is 2.00. The second-order valence-electron chi connectivity index (χ2n) is 6.09. The molecule has 4 amide bonds. The average molecular weight is 386 g/mol. The molecule has 0 spiro atoms. The van der Waals surface area contributed by atoms with E-state index in [2.05, 4.69) is 0 Å². The summed E-state index contributed by atoms with van der Waals surface area (Å²) in [7, 11) is 2.72. The number of rotatable bonds is 5. The van der Waals surface area contributed by atoms with Gasteiger partial charge in [-0.2, -0.15) is 0 Å². The van der Waals surface area contributed by atoms with Crippen LogP contribution < -0.4 is 20.9 Å². The highest BCUT2D eigenvalue weighted by atomic mass is 16.5. The van der Waals surface area contributed by atoms with Crippen molar-refractivity contribution in [2.24, 2.45) is 14.1 Å². The van der Waals surface area contributed by atoms with E-state index in [1.807, 2.05) is 0 Å². The number of nitrogens with zero attached hydrogens (tertiary/aromatic N) is 4. The number of aromatic nitrogens is 2. The Labute approximate surface area is 159 Å². The fraction of sp³-hybridized carbons (Fsp3) is 0.278. The summed E-state index contributed by atoms with van der Waals surface area (Å²) in [6.07, 6.45) is 0. The predicted molar refractivity (Wildman–Crippen MR) is 98.0 cm³/mol. The number of imide groups is 2. The lowest BCUT2D eigenvalue weighted by atomic mass is 10.2. The molecule has 2 aromatic rings. The highest BCUT2D eigenvalue weighted by molar-refractivity contribution is 6.52. The van der Waals surface area contributed by atoms with Gasteiger partial charge in [-0.1, -0.05) is 12.1 Å². The van der Waals surface area contributed by atoms with E-state index in [-0.39, 0.29) is 17.1 Å². The van der Waals surface area contributed by atoms with Gasteiger partial charge in [0, 0.05) is 25.9 Å². The smallest absolute Gasteiger partial charge is 0.339 e. The monoisotopic (exact) mass is 386 g/mol. The van der Waals surface area contributed by atoms with Crippen LogP contribution in [-0.4, -0.2) is 38.5 Å². The van der Waals surface area contributed by atoms with Crippen molar-refractivity contribution in [3.05, 3.63) is 56.9 Å². The van der Waals surface area contributed by atoms with Crippen LogP contribution in [0.2, 0.25) is 0 Å². The molecule has 0 radical (unpaired) electrons. The Hall–Kier alpha value is -3.69. The van der Waals surface area contributed by atoms with E-state index in [4.69, 9.17) is 4.74 Å². The number of ether oxygens (including phenoxy) is 1. The first-order valence-corrected chi connectivity index (χ1v) is 8.45. The first kappa shape index (κ1) is 19.1. The molecule has 10 nitrogen and oxygen atoms in total. The fourth-order valence-corrected chi connectivity index (χ4v) is 2.87. The van der Waals surface area contributed by atoms with Gasteiger partial charge in [-0.15, -0.1) is 0 Å². The number of urea groups is 1. The number of anilines is 1. The summed E-state index contributed by atoms with van der Waals surface area (Å²) in [5.74, 6) is -1.81. The van der Waals surface area contributed by atoms with Crippen LogP contribution in [0.5, 0.6) is 5.75 Å². The van der Waals surface area contributed by atoms with E-state index in [0.717, 1.165) is 20.1 Å². The Morgan fingerprint density at radius 1 is 0.929 bits per heavy atom. The van der Waals surface area contributed by atoms with Crippen molar-refractivity contribution >= 4 is 23.5 Å². The molecule has 1 aliphatic rings. The van der Waals surface area contributed by atoms with E-state index < -0.39 is 35.6 Å². The van der Waals surface area contributed by atoms with Crippen LogP contribution in [0.4, 0.5) is 10.5 Å². The van der Waals surface area contributed by atoms with Crippen molar-refractivity contribution in [3.8, 4) is 5.75 Å². The van der Waals surface area contributed by atoms with Gasteiger partial charge in [0.2, 0.25) is 0 Å². The third-order valence-corrected chi connectivity index (χ3v) is 4.40. The van der Waals surface area contributed by atoms with Gasteiger partial charge in [-0.05, 0) is 19.1 Å². The normalized spacial score (nSPS) is 14.2. The van der Waals surface area contributed by atoms with Crippen LogP contribution in [-0.2, 0) is 30.2 Å². The zero-order valence-electron chi connectivity index (χ0n) is 15.5. The van der Waals surface area contributed by atoms with Crippen LogP contribution in [0, 0.1) is 0 Å². The molecule has 0 N–H and O–H groups in total. The maximum absolute atomic E-state index is 12.8. The van der Waals surface area contributed by atoms with E-state index in [1.54, 1.807) is 25.1 Å². The molecule has 28 heavy (non-hydrogen) atoms. The lowest BCUT2D eigenvalue weighted by Gasteiger charge is -2.19. The molecule has 3 rings (SSSR count). The predicted octanol–water partition coefficient (Wildman–Crippen LogP) is -0.0219. The zero-order chi connectivity index (χ0) is 20.6. The van der Waals surface area contributed by atoms with Crippen LogP contribution in [0.25, 0.3) is 0 Å². The van der Waals surface area contributed by atoms with E-state index in [0.29, 0.717) is 11.5 Å². The van der Waals surface area contributed by atoms with E-state index >= 15 is 0 Å². The summed E-state index contributed by atoms with van der Waals surface area (Å²) in [6, 6.07) is 6.62. The molecule has 0 unspecified atom stereocenters. The minimum Gasteiger partial charge on any atom is -0.492 e. The molecule has 1 aliphatic heterocycles. The molecule has 1 saturated heterocycles. The third-order valence-electron chi connectivity index (χ3n) is 4.40. The minimum absolute atomic E-state index is 0.127. The maximum atomic E-state index is 12.8. The molecule has 0 bridgehead atoms. The van der Waals surface area contributed by atoms with E-state index in [1.165, 1.54) is 20.2 Å².